The van der Waals surface area contributed by atoms with Gasteiger partial charge in [-0.05, 0) is 0 Å². The average molecular weight is 336 g/mol. The minimum Gasteiger partial charge on any atom is -0.759 e. The summed E-state index contributed by atoms with van der Waals surface area (Å²) in [4.78, 5) is 17.0. The molecule has 0 N–H and O–H groups in total. The summed E-state index contributed by atoms with van der Waals surface area (Å²) in [5.74, 6) is 0. The van der Waals surface area contributed by atoms with Crippen LogP contribution in [-0.2, 0) is 14.9 Å². The molecular weight excluding hydrogens is 336 g/mol. The van der Waals surface area contributed by atoms with Gasteiger partial charge < -0.3 is 23.2 Å². The van der Waals surface area contributed by atoms with Gasteiger partial charge in [-0.15, -0.1) is 0 Å². The third kappa shape index (κ3) is 421. The quantitative estimate of drug-likeness (QED) is 0.245. The van der Waals surface area contributed by atoms with Crippen LogP contribution in [0.5, 0.6) is 0 Å². The van der Waals surface area contributed by atoms with E-state index in [9.17, 15) is 0 Å². The van der Waals surface area contributed by atoms with Crippen LogP contribution in [0, 0.1) is 0 Å². The molecule has 0 aromatic carbocycles. The van der Waals surface area contributed by atoms with Crippen LogP contribution < -0.4 is 9.59 Å². The van der Waals surface area contributed by atoms with Gasteiger partial charge in [-0.2, -0.15) is 0 Å². The zero-order valence-corrected chi connectivity index (χ0v) is 12.5. The summed E-state index contributed by atoms with van der Waals surface area (Å²) in [6.45, 7) is 0. The van der Waals surface area contributed by atoms with Crippen molar-refractivity contribution in [2.75, 3.05) is 0 Å². The topological polar surface area (TPSA) is 143 Å². The molecule has 0 saturated heterocycles. The predicted octanol–water partition coefficient (Wildman–Crippen LogP) is -4.98. The van der Waals surface area contributed by atoms with Crippen molar-refractivity contribution in [1.29, 1.82) is 0 Å². The molecule has 56 valence electrons. The summed E-state index contributed by atoms with van der Waals surface area (Å²) in [6.07, 6.45) is 0. The molecular formula is AlBaO7SSi+. The summed E-state index contributed by atoms with van der Waals surface area (Å²) in [7, 11) is -8.80. The predicted molar refractivity (Wildman–Crippen MR) is 28.4 cm³/mol. The number of hydrogen-bond acceptors (Lipinski definition) is 7. The molecule has 0 bridgehead atoms. The van der Waals surface area contributed by atoms with Crippen molar-refractivity contribution >= 4 is 85.8 Å². The van der Waals surface area contributed by atoms with Crippen LogP contribution in [0.3, 0.4) is 0 Å². The maximum atomic E-state index is 8.52. The molecule has 7 nitrogen and oxygen atoms in total. The summed E-state index contributed by atoms with van der Waals surface area (Å²) in [6, 6.07) is 0. The number of hydrogen-bond donors (Lipinski definition) is 0. The van der Waals surface area contributed by atoms with Gasteiger partial charge in [0, 0.05) is 19.6 Å². The Morgan fingerprint density at radius 1 is 1.09 bits per heavy atom. The van der Waals surface area contributed by atoms with Crippen molar-refractivity contribution in [1.82, 2.24) is 0 Å². The van der Waals surface area contributed by atoms with Crippen molar-refractivity contribution in [3.63, 3.8) is 0 Å². The monoisotopic (exact) mass is 337 g/mol. The first-order valence-electron chi connectivity index (χ1n) is 1.28. The molecule has 0 aliphatic carbocycles. The van der Waals surface area contributed by atoms with E-state index in [-0.39, 0.29) is 66.2 Å². The summed E-state index contributed by atoms with van der Waals surface area (Å²) in [5.41, 5.74) is 0. The largest absolute Gasteiger partial charge is 3.00 e. The Kier molecular flexibility index (Phi) is 24.2. The molecule has 0 atom stereocenters. The van der Waals surface area contributed by atoms with Crippen LogP contribution >= 0.6 is 0 Å². The van der Waals surface area contributed by atoms with E-state index in [0.717, 1.165) is 0 Å². The third-order valence-electron chi connectivity index (χ3n) is 0. The second-order valence-corrected chi connectivity index (χ2v) is 1.97. The van der Waals surface area contributed by atoms with E-state index in [1.165, 1.54) is 0 Å². The Balaban J connectivity index is -0.0000000383. The smallest absolute Gasteiger partial charge is 0.759 e. The van der Waals surface area contributed by atoms with Crippen LogP contribution in [0.2, 0.25) is 0 Å². The van der Waals surface area contributed by atoms with Gasteiger partial charge in [0.2, 0.25) is 0 Å². The molecule has 0 amide bonds. The Labute approximate surface area is 116 Å². The SMILES string of the molecule is O=S(=O)([O-])[O-].O=[Si]([O-])[O-].[Al+3].[Ba+2]. The zero-order valence-electron chi connectivity index (χ0n) is 5.05. The molecule has 11 heteroatoms. The molecule has 0 aromatic heterocycles. The average Bonchev–Trinajstić information content (AvgIpc) is 1.19. The van der Waals surface area contributed by atoms with Crippen molar-refractivity contribution in [3.8, 4) is 0 Å². The minimum atomic E-state index is -5.17. The molecule has 0 heterocycles. The molecule has 0 rings (SSSR count). The van der Waals surface area contributed by atoms with E-state index >= 15 is 0 Å². The minimum absolute atomic E-state index is 0. The Morgan fingerprint density at radius 2 is 1.09 bits per heavy atom. The molecule has 0 unspecified atom stereocenters. The molecule has 0 radical (unpaired) electrons. The Hall–Kier alpha value is 1.59. The van der Waals surface area contributed by atoms with E-state index in [2.05, 4.69) is 0 Å². The van der Waals surface area contributed by atoms with Crippen molar-refractivity contribution < 1.29 is 31.6 Å². The van der Waals surface area contributed by atoms with Crippen LogP contribution in [-0.4, -0.2) is 92.9 Å². The van der Waals surface area contributed by atoms with E-state index in [0.29, 0.717) is 0 Å². The molecule has 0 aliphatic rings. The Bertz CT molecular complexity index is 161. The van der Waals surface area contributed by atoms with Gasteiger partial charge >= 0.3 is 66.2 Å². The molecule has 0 aromatic rings. The van der Waals surface area contributed by atoms with E-state index in [1.807, 2.05) is 0 Å². The van der Waals surface area contributed by atoms with Crippen LogP contribution in [0.4, 0.5) is 0 Å². The van der Waals surface area contributed by atoms with Gasteiger partial charge in [0.1, 0.15) is 0 Å². The summed E-state index contributed by atoms with van der Waals surface area (Å²) in [5, 5.41) is 0. The van der Waals surface area contributed by atoms with Gasteiger partial charge in [0.25, 0.3) is 0 Å². The fraction of sp³-hybridized carbons (Fsp3) is 0. The molecule has 0 saturated carbocycles. The second-order valence-electron chi connectivity index (χ2n) is 0.658. The fourth-order valence-corrected chi connectivity index (χ4v) is 0. The number of rotatable bonds is 0. The van der Waals surface area contributed by atoms with E-state index in [1.54, 1.807) is 0 Å². The summed E-state index contributed by atoms with van der Waals surface area (Å²) < 4.78 is 42.6. The molecule has 11 heavy (non-hydrogen) atoms. The normalized spacial score (nSPS) is 7.45. The third-order valence-corrected chi connectivity index (χ3v) is 0. The van der Waals surface area contributed by atoms with Gasteiger partial charge in [-0.1, -0.05) is 0 Å². The molecule has 0 spiro atoms. The maximum absolute atomic E-state index is 8.52. The standard InChI is InChI=1S/Al.Ba.H2O4S.O3Si/c;;1-5(2,3)4;1-4(2)3/h;;(H2,1,2,3,4);/q+3;+2;;-2/p-2. The summed E-state index contributed by atoms with van der Waals surface area (Å²) >= 11 is 0. The Morgan fingerprint density at radius 3 is 1.09 bits per heavy atom. The van der Waals surface area contributed by atoms with Crippen molar-refractivity contribution in [2.24, 2.45) is 0 Å². The maximum Gasteiger partial charge on any atom is 3.00 e. The van der Waals surface area contributed by atoms with Gasteiger partial charge in [0.15, 0.2) is 0 Å². The van der Waals surface area contributed by atoms with E-state index < -0.39 is 19.6 Å². The molecule has 0 fully saturated rings. The van der Waals surface area contributed by atoms with Crippen molar-refractivity contribution in [3.05, 3.63) is 0 Å². The van der Waals surface area contributed by atoms with Crippen molar-refractivity contribution in [2.45, 2.75) is 0 Å². The molecule has 0 aliphatic heterocycles. The van der Waals surface area contributed by atoms with Gasteiger partial charge in [-0.3, -0.25) is 8.42 Å². The van der Waals surface area contributed by atoms with Crippen LogP contribution in [0.1, 0.15) is 0 Å². The van der Waals surface area contributed by atoms with Gasteiger partial charge in [0.05, 0.1) is 0 Å². The second kappa shape index (κ2) is 11.6. The van der Waals surface area contributed by atoms with Gasteiger partial charge in [-0.25, -0.2) is 0 Å². The van der Waals surface area contributed by atoms with Crippen LogP contribution in [0.25, 0.3) is 0 Å². The zero-order chi connectivity index (χ0) is 8.08. The fourth-order valence-electron chi connectivity index (χ4n) is 0. The first kappa shape index (κ1) is 22.9. The van der Waals surface area contributed by atoms with Crippen LogP contribution in [0.15, 0.2) is 0 Å². The first-order valence-corrected chi connectivity index (χ1v) is 3.84. The first-order chi connectivity index (χ1) is 3.73. The van der Waals surface area contributed by atoms with E-state index in [4.69, 9.17) is 31.6 Å².